The molecular weight excluding hydrogens is 264 g/mol. The van der Waals surface area contributed by atoms with Crippen molar-refractivity contribution < 1.29 is 14.0 Å². The summed E-state index contributed by atoms with van der Waals surface area (Å²) >= 11 is 0. The molecular formula is C18H12O3. The van der Waals surface area contributed by atoms with Gasteiger partial charge in [0, 0.05) is 11.1 Å². The van der Waals surface area contributed by atoms with Gasteiger partial charge < -0.3 is 4.42 Å². The van der Waals surface area contributed by atoms with Crippen molar-refractivity contribution in [2.45, 2.75) is 0 Å². The van der Waals surface area contributed by atoms with Gasteiger partial charge in [-0.25, -0.2) is 0 Å². The van der Waals surface area contributed by atoms with Gasteiger partial charge in [0.15, 0.2) is 11.6 Å². The number of rotatable bonds is 4. The largest absolute Gasteiger partial charge is 0.471 e. The Morgan fingerprint density at radius 2 is 1.00 bits per heavy atom. The quantitative estimate of drug-likeness (QED) is 0.682. The molecule has 2 aromatic carbocycles. The van der Waals surface area contributed by atoms with Gasteiger partial charge >= 0.3 is 0 Å². The number of hydrogen-bond donors (Lipinski definition) is 0. The summed E-state index contributed by atoms with van der Waals surface area (Å²) in [5.41, 5.74) is 1.63. The maximum Gasteiger partial charge on any atom is 0.197 e. The monoisotopic (exact) mass is 276 g/mol. The van der Waals surface area contributed by atoms with Crippen molar-refractivity contribution in [2.24, 2.45) is 0 Å². The molecule has 102 valence electrons. The SMILES string of the molecule is O=C(c1ccccc1)c1cocc1C(=O)c1ccccc1. The van der Waals surface area contributed by atoms with Crippen molar-refractivity contribution in [1.29, 1.82) is 0 Å². The van der Waals surface area contributed by atoms with Crippen LogP contribution in [0.1, 0.15) is 31.8 Å². The summed E-state index contributed by atoms with van der Waals surface area (Å²) in [6, 6.07) is 17.7. The number of furan rings is 1. The molecule has 0 aliphatic carbocycles. The lowest BCUT2D eigenvalue weighted by atomic mass is 9.97. The first kappa shape index (κ1) is 13.1. The second-order valence-electron chi connectivity index (χ2n) is 4.59. The third kappa shape index (κ3) is 2.54. The lowest BCUT2D eigenvalue weighted by Gasteiger charge is -2.02. The Labute approximate surface area is 121 Å². The number of carbonyl (C=O) groups excluding carboxylic acids is 2. The molecule has 0 aliphatic heterocycles. The third-order valence-corrected chi connectivity index (χ3v) is 3.22. The molecule has 0 unspecified atom stereocenters. The van der Waals surface area contributed by atoms with E-state index < -0.39 is 0 Å². The maximum atomic E-state index is 12.5. The Balaban J connectivity index is 1.99. The van der Waals surface area contributed by atoms with Crippen LogP contribution in [0.2, 0.25) is 0 Å². The summed E-state index contributed by atoms with van der Waals surface area (Å²) in [6.45, 7) is 0. The van der Waals surface area contributed by atoms with Crippen LogP contribution in [0.15, 0.2) is 77.6 Å². The highest BCUT2D eigenvalue weighted by Gasteiger charge is 2.21. The Morgan fingerprint density at radius 1 is 0.619 bits per heavy atom. The van der Waals surface area contributed by atoms with Gasteiger partial charge in [-0.05, 0) is 0 Å². The lowest BCUT2D eigenvalue weighted by Crippen LogP contribution is -2.08. The predicted molar refractivity (Wildman–Crippen MR) is 78.5 cm³/mol. The first-order valence-corrected chi connectivity index (χ1v) is 6.53. The minimum Gasteiger partial charge on any atom is -0.471 e. The summed E-state index contributed by atoms with van der Waals surface area (Å²) in [5.74, 6) is -0.438. The van der Waals surface area contributed by atoms with Gasteiger partial charge in [-0.2, -0.15) is 0 Å². The molecule has 0 fully saturated rings. The van der Waals surface area contributed by atoms with Gasteiger partial charge in [-0.15, -0.1) is 0 Å². The molecule has 0 spiro atoms. The standard InChI is InChI=1S/C18H12O3/c19-17(13-7-3-1-4-8-13)15-11-21-12-16(15)18(20)14-9-5-2-6-10-14/h1-12H. The molecule has 0 atom stereocenters. The first-order valence-electron chi connectivity index (χ1n) is 6.53. The fourth-order valence-corrected chi connectivity index (χ4v) is 2.14. The van der Waals surface area contributed by atoms with E-state index in [1.54, 1.807) is 48.5 Å². The van der Waals surface area contributed by atoms with Crippen LogP contribution in [0, 0.1) is 0 Å². The molecule has 3 rings (SSSR count). The third-order valence-electron chi connectivity index (χ3n) is 3.22. The first-order chi connectivity index (χ1) is 10.3. The number of benzene rings is 2. The van der Waals surface area contributed by atoms with Crippen LogP contribution in [0.3, 0.4) is 0 Å². The molecule has 0 amide bonds. The minimum atomic E-state index is -0.219. The normalized spacial score (nSPS) is 10.3. The average molecular weight is 276 g/mol. The lowest BCUT2D eigenvalue weighted by molar-refractivity contribution is 0.100. The minimum absolute atomic E-state index is 0.219. The fraction of sp³-hybridized carbons (Fsp3) is 0. The molecule has 0 N–H and O–H groups in total. The van der Waals surface area contributed by atoms with Gasteiger partial charge in [0.25, 0.3) is 0 Å². The zero-order valence-corrected chi connectivity index (χ0v) is 11.2. The predicted octanol–water partition coefficient (Wildman–Crippen LogP) is 3.74. The van der Waals surface area contributed by atoms with Gasteiger partial charge in [0.2, 0.25) is 0 Å². The van der Waals surface area contributed by atoms with E-state index in [1.807, 2.05) is 12.1 Å². The number of ketones is 2. The molecule has 0 saturated carbocycles. The molecule has 0 aliphatic rings. The average Bonchev–Trinajstić information content (AvgIpc) is 3.04. The van der Waals surface area contributed by atoms with Crippen molar-refractivity contribution >= 4 is 11.6 Å². The van der Waals surface area contributed by atoms with Crippen molar-refractivity contribution in [3.8, 4) is 0 Å². The van der Waals surface area contributed by atoms with E-state index in [2.05, 4.69) is 0 Å². The van der Waals surface area contributed by atoms with Crippen LogP contribution in [-0.4, -0.2) is 11.6 Å². The number of carbonyl (C=O) groups is 2. The van der Waals surface area contributed by atoms with Crippen molar-refractivity contribution in [3.05, 3.63) is 95.4 Å². The summed E-state index contributed by atoms with van der Waals surface area (Å²) in [7, 11) is 0. The van der Waals surface area contributed by atoms with Crippen LogP contribution in [0.4, 0.5) is 0 Å². The van der Waals surface area contributed by atoms with E-state index in [4.69, 9.17) is 4.42 Å². The van der Waals surface area contributed by atoms with Gasteiger partial charge in [-0.1, -0.05) is 60.7 Å². The summed E-state index contributed by atoms with van der Waals surface area (Å²) in [4.78, 5) is 24.9. The highest BCUT2D eigenvalue weighted by Crippen LogP contribution is 2.19. The zero-order chi connectivity index (χ0) is 14.7. The van der Waals surface area contributed by atoms with E-state index in [1.165, 1.54) is 12.5 Å². The second kappa shape index (κ2) is 5.59. The van der Waals surface area contributed by atoms with Gasteiger partial charge in [0.05, 0.1) is 11.1 Å². The molecule has 21 heavy (non-hydrogen) atoms. The molecule has 1 heterocycles. The molecule has 3 aromatic rings. The van der Waals surface area contributed by atoms with E-state index in [-0.39, 0.29) is 22.7 Å². The molecule has 1 aromatic heterocycles. The smallest absolute Gasteiger partial charge is 0.197 e. The Morgan fingerprint density at radius 3 is 1.38 bits per heavy atom. The summed E-state index contributed by atoms with van der Waals surface area (Å²) in [5, 5.41) is 0. The summed E-state index contributed by atoms with van der Waals surface area (Å²) in [6.07, 6.45) is 2.65. The van der Waals surface area contributed by atoms with Crippen LogP contribution in [-0.2, 0) is 0 Å². The van der Waals surface area contributed by atoms with E-state index in [0.717, 1.165) is 0 Å². The topological polar surface area (TPSA) is 47.3 Å². The molecule has 0 bridgehead atoms. The Hall–Kier alpha value is -2.94. The fourth-order valence-electron chi connectivity index (χ4n) is 2.14. The van der Waals surface area contributed by atoms with Crippen molar-refractivity contribution in [1.82, 2.24) is 0 Å². The highest BCUT2D eigenvalue weighted by atomic mass is 16.3. The van der Waals surface area contributed by atoms with E-state index in [0.29, 0.717) is 11.1 Å². The highest BCUT2D eigenvalue weighted by molar-refractivity contribution is 6.19. The molecule has 3 nitrogen and oxygen atoms in total. The summed E-state index contributed by atoms with van der Waals surface area (Å²) < 4.78 is 5.09. The molecule has 0 saturated heterocycles. The van der Waals surface area contributed by atoms with E-state index in [9.17, 15) is 9.59 Å². The molecule has 3 heteroatoms. The van der Waals surface area contributed by atoms with Crippen LogP contribution in [0.25, 0.3) is 0 Å². The van der Waals surface area contributed by atoms with Crippen LogP contribution < -0.4 is 0 Å². The van der Waals surface area contributed by atoms with Crippen molar-refractivity contribution in [3.63, 3.8) is 0 Å². The Bertz CT molecular complexity index is 704. The molecule has 0 radical (unpaired) electrons. The van der Waals surface area contributed by atoms with Crippen LogP contribution >= 0.6 is 0 Å². The maximum absolute atomic E-state index is 12.5. The van der Waals surface area contributed by atoms with Gasteiger partial charge in [0.1, 0.15) is 12.5 Å². The second-order valence-corrected chi connectivity index (χ2v) is 4.59. The number of hydrogen-bond acceptors (Lipinski definition) is 3. The van der Waals surface area contributed by atoms with Crippen molar-refractivity contribution in [2.75, 3.05) is 0 Å². The zero-order valence-electron chi connectivity index (χ0n) is 11.2. The van der Waals surface area contributed by atoms with Gasteiger partial charge in [-0.3, -0.25) is 9.59 Å². The Kier molecular flexibility index (Phi) is 3.48. The van der Waals surface area contributed by atoms with E-state index >= 15 is 0 Å². The van der Waals surface area contributed by atoms with Crippen LogP contribution in [0.5, 0.6) is 0 Å².